The zero-order chi connectivity index (χ0) is 19.6. The topological polar surface area (TPSA) is 107 Å². The molecule has 0 radical (unpaired) electrons. The summed E-state index contributed by atoms with van der Waals surface area (Å²) in [6, 6.07) is 7.65. The Morgan fingerprint density at radius 2 is 1.96 bits per heavy atom. The Morgan fingerprint density at radius 3 is 2.56 bits per heavy atom. The van der Waals surface area contributed by atoms with Crippen molar-refractivity contribution in [1.82, 2.24) is 25.5 Å². The molecule has 0 unspecified atom stereocenters. The Labute approximate surface area is 163 Å². The molecule has 1 aliphatic rings. The Balaban J connectivity index is 1.66. The number of nitrogens with zero attached hydrogens (tertiary/aromatic N) is 4. The predicted octanol–water partition coefficient (Wildman–Crippen LogP) is 1.57. The Morgan fingerprint density at radius 1 is 1.26 bits per heavy atom. The van der Waals surface area contributed by atoms with Gasteiger partial charge in [-0.05, 0) is 47.4 Å². The number of nitrogens with one attached hydrogen (secondary N) is 1. The highest BCUT2D eigenvalue weighted by Gasteiger charge is 2.30. The van der Waals surface area contributed by atoms with E-state index >= 15 is 0 Å². The minimum atomic E-state index is -3.03. The summed E-state index contributed by atoms with van der Waals surface area (Å²) in [5, 5.41) is 14.6. The van der Waals surface area contributed by atoms with Crippen LogP contribution < -0.4 is 5.32 Å². The first-order chi connectivity index (χ1) is 12.7. The van der Waals surface area contributed by atoms with E-state index in [1.165, 1.54) is 17.3 Å². The van der Waals surface area contributed by atoms with Crippen LogP contribution in [0.3, 0.4) is 0 Å². The van der Waals surface area contributed by atoms with Gasteiger partial charge in [-0.3, -0.25) is 4.79 Å². The molecule has 27 heavy (non-hydrogen) atoms. The van der Waals surface area contributed by atoms with Crippen molar-refractivity contribution in [2.45, 2.75) is 49.6 Å². The molecular weight excluding hydrogens is 386 g/mol. The molecule has 0 saturated carbocycles. The number of hydrogen-bond acceptors (Lipinski definition) is 7. The molecule has 2 aromatic rings. The Hall–Kier alpha value is -1.94. The van der Waals surface area contributed by atoms with Crippen molar-refractivity contribution >= 4 is 27.5 Å². The van der Waals surface area contributed by atoms with Gasteiger partial charge in [0.15, 0.2) is 9.84 Å². The molecule has 1 N–H and O–H groups in total. The highest BCUT2D eigenvalue weighted by molar-refractivity contribution is 8.00. The maximum atomic E-state index is 12.4. The van der Waals surface area contributed by atoms with Gasteiger partial charge >= 0.3 is 0 Å². The lowest BCUT2D eigenvalue weighted by atomic mass is 10.0. The number of carbonyl (C=O) groups is 1. The van der Waals surface area contributed by atoms with E-state index in [2.05, 4.69) is 34.7 Å². The molecule has 0 bridgehead atoms. The number of rotatable bonds is 6. The monoisotopic (exact) mass is 409 g/mol. The molecule has 1 amide bonds. The van der Waals surface area contributed by atoms with Gasteiger partial charge in [0.25, 0.3) is 0 Å². The summed E-state index contributed by atoms with van der Waals surface area (Å²) in [7, 11) is -3.03. The standard InChI is InChI=1S/C17H23N5O3S2/c1-11(2)13-4-6-15(7-5-13)22-17(19-20-21-22)26-12(3)16(23)18-14-8-9-27(24,25)10-14/h4-7,11-12,14H,8-10H2,1-3H3,(H,18,23)/t12-,14-/m1/s1. The molecule has 1 saturated heterocycles. The number of amides is 1. The van der Waals surface area contributed by atoms with E-state index in [1.54, 1.807) is 11.6 Å². The molecule has 0 aliphatic carbocycles. The molecule has 2 heterocycles. The van der Waals surface area contributed by atoms with Crippen molar-refractivity contribution in [2.75, 3.05) is 11.5 Å². The lowest BCUT2D eigenvalue weighted by Gasteiger charge is -2.15. The summed E-state index contributed by atoms with van der Waals surface area (Å²) >= 11 is 1.24. The number of thioether (sulfide) groups is 1. The zero-order valence-corrected chi connectivity index (χ0v) is 17.1. The van der Waals surface area contributed by atoms with E-state index in [9.17, 15) is 13.2 Å². The molecule has 0 spiro atoms. The minimum absolute atomic E-state index is 0.00998. The van der Waals surface area contributed by atoms with Crippen LogP contribution in [0.15, 0.2) is 29.4 Å². The van der Waals surface area contributed by atoms with Crippen LogP contribution in [0, 0.1) is 0 Å². The van der Waals surface area contributed by atoms with Gasteiger partial charge in [-0.15, -0.1) is 5.10 Å². The molecule has 146 valence electrons. The highest BCUT2D eigenvalue weighted by Crippen LogP contribution is 2.24. The highest BCUT2D eigenvalue weighted by atomic mass is 32.2. The van der Waals surface area contributed by atoms with Gasteiger partial charge in [0.1, 0.15) is 0 Å². The second-order valence-electron chi connectivity index (χ2n) is 6.99. The van der Waals surface area contributed by atoms with Gasteiger partial charge in [0.2, 0.25) is 11.1 Å². The first-order valence-electron chi connectivity index (χ1n) is 8.81. The van der Waals surface area contributed by atoms with E-state index in [1.807, 2.05) is 24.3 Å². The van der Waals surface area contributed by atoms with Crippen LogP contribution in [0.1, 0.15) is 38.7 Å². The van der Waals surface area contributed by atoms with Crippen LogP contribution in [-0.4, -0.2) is 57.3 Å². The summed E-state index contributed by atoms with van der Waals surface area (Å²) in [5.41, 5.74) is 2.04. The maximum Gasteiger partial charge on any atom is 0.233 e. The zero-order valence-electron chi connectivity index (χ0n) is 15.5. The maximum absolute atomic E-state index is 12.4. The number of sulfone groups is 1. The Kier molecular flexibility index (Phi) is 5.85. The number of aromatic nitrogens is 4. The van der Waals surface area contributed by atoms with Crippen LogP contribution in [0.2, 0.25) is 0 Å². The number of hydrogen-bond donors (Lipinski definition) is 1. The average Bonchev–Trinajstić information content (AvgIpc) is 3.20. The second-order valence-corrected chi connectivity index (χ2v) is 10.5. The third-order valence-electron chi connectivity index (χ3n) is 4.48. The van der Waals surface area contributed by atoms with Gasteiger partial charge < -0.3 is 5.32 Å². The molecule has 10 heteroatoms. The first-order valence-corrected chi connectivity index (χ1v) is 11.5. The van der Waals surface area contributed by atoms with Crippen LogP contribution in [-0.2, 0) is 14.6 Å². The first kappa shape index (κ1) is 19.8. The van der Waals surface area contributed by atoms with Crippen molar-refractivity contribution in [3.63, 3.8) is 0 Å². The molecule has 1 aliphatic heterocycles. The fourth-order valence-corrected chi connectivity index (χ4v) is 5.34. The molecule has 3 rings (SSSR count). The van der Waals surface area contributed by atoms with Gasteiger partial charge in [0.05, 0.1) is 22.4 Å². The van der Waals surface area contributed by atoms with E-state index < -0.39 is 15.1 Å². The lowest BCUT2D eigenvalue weighted by molar-refractivity contribution is -0.120. The quantitative estimate of drug-likeness (QED) is 0.722. The van der Waals surface area contributed by atoms with E-state index in [0.29, 0.717) is 17.5 Å². The Bertz CT molecular complexity index is 909. The smallest absolute Gasteiger partial charge is 0.233 e. The van der Waals surface area contributed by atoms with Crippen LogP contribution >= 0.6 is 11.8 Å². The lowest BCUT2D eigenvalue weighted by Crippen LogP contribution is -2.40. The molecule has 1 fully saturated rings. The summed E-state index contributed by atoms with van der Waals surface area (Å²) in [5.74, 6) is 0.358. The molecule has 8 nitrogen and oxygen atoms in total. The van der Waals surface area contributed by atoms with Gasteiger partial charge in [-0.1, -0.05) is 37.7 Å². The van der Waals surface area contributed by atoms with Gasteiger partial charge in [0, 0.05) is 6.04 Å². The normalized spacial score (nSPS) is 19.9. The van der Waals surface area contributed by atoms with Crippen molar-refractivity contribution in [3.05, 3.63) is 29.8 Å². The average molecular weight is 410 g/mol. The van der Waals surface area contributed by atoms with Crippen LogP contribution in [0.4, 0.5) is 0 Å². The summed E-state index contributed by atoms with van der Waals surface area (Å²) in [4.78, 5) is 12.4. The number of carbonyl (C=O) groups excluding carboxylic acids is 1. The summed E-state index contributed by atoms with van der Waals surface area (Å²) < 4.78 is 24.7. The molecule has 2 atom stereocenters. The number of benzene rings is 1. The van der Waals surface area contributed by atoms with E-state index in [4.69, 9.17) is 0 Å². The van der Waals surface area contributed by atoms with Crippen LogP contribution in [0.5, 0.6) is 0 Å². The van der Waals surface area contributed by atoms with Gasteiger partial charge in [-0.25, -0.2) is 8.42 Å². The fraction of sp³-hybridized carbons (Fsp3) is 0.529. The van der Waals surface area contributed by atoms with Crippen molar-refractivity contribution in [1.29, 1.82) is 0 Å². The SMILES string of the molecule is CC(C)c1ccc(-n2nnnc2S[C@H](C)C(=O)N[C@@H]2CCS(=O)(=O)C2)cc1. The third-order valence-corrected chi connectivity index (χ3v) is 7.28. The summed E-state index contributed by atoms with van der Waals surface area (Å²) in [6.07, 6.45) is 0.464. The fourth-order valence-electron chi connectivity index (χ4n) is 2.85. The minimum Gasteiger partial charge on any atom is -0.351 e. The predicted molar refractivity (Wildman–Crippen MR) is 104 cm³/mol. The molecule has 1 aromatic heterocycles. The summed E-state index contributed by atoms with van der Waals surface area (Å²) in [6.45, 7) is 6.01. The molecular formula is C17H23N5O3S2. The number of tetrazole rings is 1. The van der Waals surface area contributed by atoms with Crippen molar-refractivity contribution in [2.24, 2.45) is 0 Å². The van der Waals surface area contributed by atoms with Crippen molar-refractivity contribution in [3.8, 4) is 5.69 Å². The van der Waals surface area contributed by atoms with Crippen LogP contribution in [0.25, 0.3) is 5.69 Å². The van der Waals surface area contributed by atoms with E-state index in [-0.39, 0.29) is 23.5 Å². The third kappa shape index (κ3) is 4.86. The second kappa shape index (κ2) is 7.97. The largest absolute Gasteiger partial charge is 0.351 e. The van der Waals surface area contributed by atoms with E-state index in [0.717, 1.165) is 5.69 Å². The molecule has 1 aromatic carbocycles. The van der Waals surface area contributed by atoms with Crippen molar-refractivity contribution < 1.29 is 13.2 Å². The van der Waals surface area contributed by atoms with Gasteiger partial charge in [-0.2, -0.15) is 4.68 Å².